The average molecular weight is 1010 g/mol. The number of halogens is 2. The number of urea groups is 1. The number of aromatic nitrogens is 2. The minimum Gasteiger partial charge on any atom is -0.387 e. The summed E-state index contributed by atoms with van der Waals surface area (Å²) < 4.78 is 31.3. The normalized spacial score (nSPS) is 14.1. The van der Waals surface area contributed by atoms with E-state index in [2.05, 4.69) is 21.3 Å². The van der Waals surface area contributed by atoms with Crippen molar-refractivity contribution in [3.05, 3.63) is 114 Å². The quantitative estimate of drug-likeness (QED) is 0.0364. The molecule has 0 fully saturated rings. The molecule has 390 valence electrons. The molecular formula is C52H64F2N10O9. The highest BCUT2D eigenvalue weighted by molar-refractivity contribution is 6.28. The zero-order valence-electron chi connectivity index (χ0n) is 41.5. The Bertz CT molecular complexity index is 2650. The zero-order chi connectivity index (χ0) is 53.6. The van der Waals surface area contributed by atoms with Gasteiger partial charge in [-0.3, -0.25) is 33.6 Å². The smallest absolute Gasteiger partial charge is 0.312 e. The molecule has 0 saturated carbocycles. The van der Waals surface area contributed by atoms with Gasteiger partial charge in [-0.2, -0.15) is 0 Å². The maximum Gasteiger partial charge on any atom is 0.312 e. The third-order valence-corrected chi connectivity index (χ3v) is 12.1. The first-order chi connectivity index (χ1) is 34.6. The number of primary amides is 1. The van der Waals surface area contributed by atoms with E-state index in [-0.39, 0.29) is 69.5 Å². The first kappa shape index (κ1) is 56.3. The molecule has 1 aliphatic rings. The number of benzene rings is 3. The van der Waals surface area contributed by atoms with E-state index in [9.17, 15) is 47.9 Å². The molecule has 1 aromatic heterocycles. The van der Waals surface area contributed by atoms with E-state index in [4.69, 9.17) is 16.5 Å². The highest BCUT2D eigenvalue weighted by Crippen LogP contribution is 2.40. The van der Waals surface area contributed by atoms with Gasteiger partial charge in [0.05, 0.1) is 29.5 Å². The Balaban J connectivity index is 1.21. The van der Waals surface area contributed by atoms with Gasteiger partial charge < -0.3 is 47.3 Å². The Hall–Kier alpha value is -7.65. The van der Waals surface area contributed by atoms with Gasteiger partial charge in [0.15, 0.2) is 5.78 Å². The summed E-state index contributed by atoms with van der Waals surface area (Å²) in [4.78, 5) is 110. The predicted octanol–water partition coefficient (Wildman–Crippen LogP) is 4.24. The number of imide groups is 1. The molecule has 1 aliphatic heterocycles. The van der Waals surface area contributed by atoms with Crippen LogP contribution in [0.5, 0.6) is 0 Å². The topological polar surface area (TPSA) is 281 Å². The third-order valence-electron chi connectivity index (χ3n) is 12.1. The summed E-state index contributed by atoms with van der Waals surface area (Å²) in [6.07, 6.45) is 3.68. The number of nitrogens with zero attached hydrogens (tertiary/aromatic N) is 4. The lowest BCUT2D eigenvalue weighted by Gasteiger charge is -2.40. The summed E-state index contributed by atoms with van der Waals surface area (Å²) in [7, 11) is 0. The predicted molar refractivity (Wildman–Crippen MR) is 268 cm³/mol. The van der Waals surface area contributed by atoms with Crippen LogP contribution in [-0.4, -0.2) is 105 Å². The Kier molecular flexibility index (Phi) is 19.8. The van der Waals surface area contributed by atoms with Gasteiger partial charge in [0.25, 0.3) is 11.8 Å². The second-order valence-corrected chi connectivity index (χ2v) is 19.1. The molecule has 8 amide bonds. The summed E-state index contributed by atoms with van der Waals surface area (Å²) in [5.74, 6) is -6.28. The van der Waals surface area contributed by atoms with E-state index in [0.29, 0.717) is 17.2 Å². The van der Waals surface area contributed by atoms with Crippen LogP contribution in [0.25, 0.3) is 11.3 Å². The van der Waals surface area contributed by atoms with Crippen LogP contribution in [0.4, 0.5) is 25.0 Å². The third kappa shape index (κ3) is 15.7. The van der Waals surface area contributed by atoms with Gasteiger partial charge in [-0.1, -0.05) is 65.0 Å². The maximum atomic E-state index is 15.1. The largest absolute Gasteiger partial charge is 0.387 e. The van der Waals surface area contributed by atoms with Gasteiger partial charge in [-0.25, -0.2) is 23.5 Å². The number of carbonyl (C=O) groups excluding carboxylic acids is 8. The molecule has 21 heteroatoms. The Morgan fingerprint density at radius 1 is 0.863 bits per heavy atom. The first-order valence-corrected chi connectivity index (χ1v) is 23.9. The molecule has 0 aliphatic carbocycles. The second-order valence-electron chi connectivity index (χ2n) is 19.1. The van der Waals surface area contributed by atoms with Crippen molar-refractivity contribution < 1.29 is 52.2 Å². The SMILES string of the molecule is CC(C)[C@H](NC(=O)CCNC(=O)[C@@H](N)CCN(C(=O)CO)[C@@H](c1nc(-c2cc(F)ccc2F)cn1Cc1ccccc1)C(C)(C)C)C(=O)C[C@@H](CCCNC(N)=O)C(=O)Nc1ccc(N2C(=O)C=CC2=O)cc1. The molecule has 5 rings (SSSR count). The van der Waals surface area contributed by atoms with E-state index in [1.165, 1.54) is 29.2 Å². The molecule has 0 unspecified atom stereocenters. The standard InChI is InChI=1S/C52H64F2N10O9/c1-31(2)46(41(66)26-33(12-9-23-58-51(56)73)49(71)59-35-14-16-36(17-15-35)64-43(68)19-20-44(64)69)61-42(67)21-24-57-50(72)39(55)22-25-63(45(70)30-65)47(52(3,4)5)48-60-40(37-27-34(53)13-18-38(37)54)29-62(48)28-32-10-7-6-8-11-32/h6-8,10-11,13-20,27,29,31,33,39,46-47,65H,9,12,21-26,28,30,55H2,1-5H3,(H,57,72)(H,59,71)(H,61,67)(H3,56,58,73)/t33-,39+,46+,47+/m1/s1. The summed E-state index contributed by atoms with van der Waals surface area (Å²) in [6.45, 7) is 8.17. The van der Waals surface area contributed by atoms with Crippen molar-refractivity contribution in [3.8, 4) is 11.3 Å². The highest BCUT2D eigenvalue weighted by atomic mass is 19.1. The van der Waals surface area contributed by atoms with E-state index in [1.54, 1.807) is 24.6 Å². The molecule has 0 saturated heterocycles. The molecule has 0 spiro atoms. The van der Waals surface area contributed by atoms with Gasteiger partial charge in [-0.05, 0) is 78.6 Å². The van der Waals surface area contributed by atoms with Crippen LogP contribution in [0, 0.1) is 28.9 Å². The van der Waals surface area contributed by atoms with Gasteiger partial charge >= 0.3 is 6.03 Å². The molecular weight excluding hydrogens is 947 g/mol. The lowest BCUT2D eigenvalue weighted by atomic mass is 9.84. The van der Waals surface area contributed by atoms with E-state index < -0.39 is 101 Å². The molecule has 0 bridgehead atoms. The number of aliphatic hydroxyl groups is 1. The molecule has 4 aromatic rings. The average Bonchev–Trinajstić information content (AvgIpc) is 3.90. The summed E-state index contributed by atoms with van der Waals surface area (Å²) in [5.41, 5.74) is 12.3. The number of ketones is 1. The molecule has 3 aromatic carbocycles. The number of Topliss-reactive ketones (excluding diaryl/α,β-unsaturated/α-hetero) is 1. The van der Waals surface area contributed by atoms with Crippen molar-refractivity contribution in [1.82, 2.24) is 30.4 Å². The monoisotopic (exact) mass is 1010 g/mol. The van der Waals surface area contributed by atoms with Gasteiger partial charge in [0.2, 0.25) is 23.6 Å². The van der Waals surface area contributed by atoms with Gasteiger partial charge in [-0.15, -0.1) is 0 Å². The number of imidazole rings is 1. The fraction of sp³-hybridized carbons (Fsp3) is 0.404. The van der Waals surface area contributed by atoms with Crippen LogP contribution in [0.1, 0.15) is 84.2 Å². The fourth-order valence-electron chi connectivity index (χ4n) is 8.41. The van der Waals surface area contributed by atoms with Crippen LogP contribution in [0.3, 0.4) is 0 Å². The highest BCUT2D eigenvalue weighted by Gasteiger charge is 2.39. The number of aliphatic hydroxyl groups excluding tert-OH is 1. The van der Waals surface area contributed by atoms with Crippen LogP contribution in [0.2, 0.25) is 0 Å². The summed E-state index contributed by atoms with van der Waals surface area (Å²) in [6, 6.07) is 14.5. The van der Waals surface area contributed by atoms with Gasteiger partial charge in [0, 0.05) is 74.5 Å². The molecule has 2 heterocycles. The van der Waals surface area contributed by atoms with E-state index in [1.807, 2.05) is 51.1 Å². The number of carbonyl (C=O) groups is 8. The molecule has 4 atom stereocenters. The van der Waals surface area contributed by atoms with Crippen LogP contribution in [-0.2, 0) is 40.1 Å². The summed E-state index contributed by atoms with van der Waals surface area (Å²) >= 11 is 0. The molecule has 0 radical (unpaired) electrons. The minimum atomic E-state index is -1.20. The number of amides is 8. The first-order valence-electron chi connectivity index (χ1n) is 23.9. The number of anilines is 2. The number of nitrogens with two attached hydrogens (primary N) is 2. The van der Waals surface area contributed by atoms with E-state index >= 15 is 4.39 Å². The lowest BCUT2D eigenvalue weighted by molar-refractivity contribution is -0.140. The zero-order valence-corrected chi connectivity index (χ0v) is 41.5. The Labute approximate surface area is 422 Å². The fourth-order valence-corrected chi connectivity index (χ4v) is 8.41. The molecule has 19 nitrogen and oxygen atoms in total. The van der Waals surface area contributed by atoms with Crippen LogP contribution < -0.4 is 37.6 Å². The van der Waals surface area contributed by atoms with Crippen LogP contribution in [0.15, 0.2) is 91.1 Å². The van der Waals surface area contributed by atoms with Crippen LogP contribution >= 0.6 is 0 Å². The molecule has 9 N–H and O–H groups in total. The lowest BCUT2D eigenvalue weighted by Crippen LogP contribution is -2.48. The van der Waals surface area contributed by atoms with Crippen molar-refractivity contribution in [2.45, 2.75) is 91.4 Å². The minimum absolute atomic E-state index is 0.0887. The number of hydrogen-bond donors (Lipinski definition) is 7. The summed E-state index contributed by atoms with van der Waals surface area (Å²) in [5, 5.41) is 20.7. The van der Waals surface area contributed by atoms with E-state index in [0.717, 1.165) is 40.8 Å². The molecule has 73 heavy (non-hydrogen) atoms. The maximum absolute atomic E-state index is 15.1. The number of nitrogens with one attached hydrogen (secondary N) is 4. The number of rotatable bonds is 25. The van der Waals surface area contributed by atoms with Crippen molar-refractivity contribution >= 4 is 58.6 Å². The van der Waals surface area contributed by atoms with Crippen molar-refractivity contribution in [1.29, 1.82) is 0 Å². The van der Waals surface area contributed by atoms with Crippen molar-refractivity contribution in [3.63, 3.8) is 0 Å². The number of hydrogen-bond acceptors (Lipinski definition) is 11. The Morgan fingerprint density at radius 3 is 2.15 bits per heavy atom. The van der Waals surface area contributed by atoms with Gasteiger partial charge in [0.1, 0.15) is 24.1 Å². The Morgan fingerprint density at radius 2 is 1.53 bits per heavy atom. The second kappa shape index (κ2) is 25.6. The van der Waals surface area contributed by atoms with Crippen molar-refractivity contribution in [2.75, 3.05) is 36.5 Å². The van der Waals surface area contributed by atoms with Crippen molar-refractivity contribution in [2.24, 2.45) is 28.7 Å².